The molecule has 0 bridgehead atoms. The van der Waals surface area contributed by atoms with Gasteiger partial charge in [0.05, 0.1) is 6.54 Å². The lowest BCUT2D eigenvalue weighted by molar-refractivity contribution is -0.123. The molecule has 0 atom stereocenters. The Morgan fingerprint density at radius 2 is 1.57 bits per heavy atom. The summed E-state index contributed by atoms with van der Waals surface area (Å²) < 4.78 is 0. The number of hydrogen-bond donors (Lipinski definition) is 1. The standard InChI is InChI=1S/C23H29N3O2/c1-18(2)24-22(27)17-25-12-14-26(15-13-25)23(28)21-11-7-6-10-20(21)16-19-8-4-3-5-9-19/h3-11,18H,12-17H2,1-2H3,(H,24,27). The maximum Gasteiger partial charge on any atom is 0.254 e. The quantitative estimate of drug-likeness (QED) is 0.839. The van der Waals surface area contributed by atoms with E-state index in [1.165, 1.54) is 5.56 Å². The Hall–Kier alpha value is -2.66. The van der Waals surface area contributed by atoms with E-state index in [2.05, 4.69) is 22.3 Å². The van der Waals surface area contributed by atoms with Crippen molar-refractivity contribution in [1.29, 1.82) is 0 Å². The van der Waals surface area contributed by atoms with Gasteiger partial charge < -0.3 is 10.2 Å². The van der Waals surface area contributed by atoms with Crippen LogP contribution in [0.4, 0.5) is 0 Å². The van der Waals surface area contributed by atoms with Gasteiger partial charge in [0.1, 0.15) is 0 Å². The smallest absolute Gasteiger partial charge is 0.254 e. The lowest BCUT2D eigenvalue weighted by Crippen LogP contribution is -2.51. The third-order valence-electron chi connectivity index (χ3n) is 4.96. The summed E-state index contributed by atoms with van der Waals surface area (Å²) in [6.07, 6.45) is 0.748. The number of carbonyl (C=O) groups excluding carboxylic acids is 2. The summed E-state index contributed by atoms with van der Waals surface area (Å²) in [5, 5.41) is 2.92. The highest BCUT2D eigenvalue weighted by molar-refractivity contribution is 5.96. The first-order chi connectivity index (χ1) is 13.5. The maximum atomic E-state index is 13.1. The van der Waals surface area contributed by atoms with Crippen LogP contribution in [0.15, 0.2) is 54.6 Å². The fraction of sp³-hybridized carbons (Fsp3) is 0.391. The largest absolute Gasteiger partial charge is 0.353 e. The second-order valence-corrected chi connectivity index (χ2v) is 7.61. The average Bonchev–Trinajstić information content (AvgIpc) is 2.69. The maximum absolute atomic E-state index is 13.1. The summed E-state index contributed by atoms with van der Waals surface area (Å²) >= 11 is 0. The predicted octanol–water partition coefficient (Wildman–Crippen LogP) is 2.56. The number of rotatable bonds is 6. The molecule has 1 aliphatic rings. The highest BCUT2D eigenvalue weighted by Gasteiger charge is 2.24. The van der Waals surface area contributed by atoms with Crippen molar-refractivity contribution in [2.24, 2.45) is 0 Å². The molecule has 1 heterocycles. The molecule has 5 heteroatoms. The van der Waals surface area contributed by atoms with E-state index >= 15 is 0 Å². The lowest BCUT2D eigenvalue weighted by atomic mass is 9.99. The van der Waals surface area contributed by atoms with Gasteiger partial charge >= 0.3 is 0 Å². The zero-order valence-electron chi connectivity index (χ0n) is 16.7. The van der Waals surface area contributed by atoms with E-state index < -0.39 is 0 Å². The minimum Gasteiger partial charge on any atom is -0.353 e. The van der Waals surface area contributed by atoms with Crippen LogP contribution in [0, 0.1) is 0 Å². The number of nitrogens with zero attached hydrogens (tertiary/aromatic N) is 2. The Labute approximate surface area is 167 Å². The second kappa shape index (κ2) is 9.51. The topological polar surface area (TPSA) is 52.7 Å². The van der Waals surface area contributed by atoms with Gasteiger partial charge in [0.15, 0.2) is 0 Å². The van der Waals surface area contributed by atoms with Crippen molar-refractivity contribution < 1.29 is 9.59 Å². The van der Waals surface area contributed by atoms with E-state index in [0.717, 1.165) is 30.6 Å². The fourth-order valence-electron chi connectivity index (χ4n) is 3.55. The molecule has 2 amide bonds. The van der Waals surface area contributed by atoms with Crippen LogP contribution >= 0.6 is 0 Å². The number of hydrogen-bond acceptors (Lipinski definition) is 3. The first-order valence-corrected chi connectivity index (χ1v) is 9.96. The molecule has 1 aliphatic heterocycles. The molecule has 1 saturated heterocycles. The van der Waals surface area contributed by atoms with E-state index in [1.807, 2.05) is 61.2 Å². The number of benzene rings is 2. The van der Waals surface area contributed by atoms with Crippen LogP contribution in [0.2, 0.25) is 0 Å². The van der Waals surface area contributed by atoms with E-state index in [1.54, 1.807) is 0 Å². The van der Waals surface area contributed by atoms with Gasteiger partial charge in [0, 0.05) is 37.8 Å². The minimum absolute atomic E-state index is 0.0444. The van der Waals surface area contributed by atoms with Crippen molar-refractivity contribution in [3.05, 3.63) is 71.3 Å². The molecule has 2 aromatic carbocycles. The van der Waals surface area contributed by atoms with E-state index in [-0.39, 0.29) is 17.9 Å². The van der Waals surface area contributed by atoms with Crippen LogP contribution in [0.3, 0.4) is 0 Å². The van der Waals surface area contributed by atoms with Crippen LogP contribution in [-0.2, 0) is 11.2 Å². The molecular formula is C23H29N3O2. The lowest BCUT2D eigenvalue weighted by Gasteiger charge is -2.34. The first-order valence-electron chi connectivity index (χ1n) is 9.96. The van der Waals surface area contributed by atoms with Crippen LogP contribution < -0.4 is 5.32 Å². The summed E-state index contributed by atoms with van der Waals surface area (Å²) in [5.74, 6) is 0.126. The Kier molecular flexibility index (Phi) is 6.82. The highest BCUT2D eigenvalue weighted by atomic mass is 16.2. The van der Waals surface area contributed by atoms with Crippen molar-refractivity contribution in [2.75, 3.05) is 32.7 Å². The van der Waals surface area contributed by atoms with Crippen LogP contribution in [0.5, 0.6) is 0 Å². The molecule has 2 aromatic rings. The molecule has 0 spiro atoms. The summed E-state index contributed by atoms with van der Waals surface area (Å²) in [5.41, 5.74) is 3.03. The van der Waals surface area contributed by atoms with Crippen molar-refractivity contribution >= 4 is 11.8 Å². The number of piperazine rings is 1. The van der Waals surface area contributed by atoms with E-state index in [0.29, 0.717) is 19.6 Å². The van der Waals surface area contributed by atoms with Gasteiger partial charge in [0.25, 0.3) is 5.91 Å². The normalized spacial score (nSPS) is 14.9. The van der Waals surface area contributed by atoms with Crippen LogP contribution in [0.1, 0.15) is 35.3 Å². The Bertz CT molecular complexity index is 797. The molecule has 0 unspecified atom stereocenters. The third kappa shape index (κ3) is 5.42. The second-order valence-electron chi connectivity index (χ2n) is 7.61. The number of carbonyl (C=O) groups is 2. The molecule has 1 fully saturated rings. The van der Waals surface area contributed by atoms with Gasteiger partial charge in [-0.1, -0.05) is 48.5 Å². The highest BCUT2D eigenvalue weighted by Crippen LogP contribution is 2.17. The summed E-state index contributed by atoms with van der Waals surface area (Å²) in [4.78, 5) is 29.1. The van der Waals surface area contributed by atoms with Crippen molar-refractivity contribution in [3.63, 3.8) is 0 Å². The van der Waals surface area contributed by atoms with Gasteiger partial charge in [-0.3, -0.25) is 14.5 Å². The molecule has 0 radical (unpaired) electrons. The number of amides is 2. The number of nitrogens with one attached hydrogen (secondary N) is 1. The van der Waals surface area contributed by atoms with E-state index in [4.69, 9.17) is 0 Å². The molecule has 1 N–H and O–H groups in total. The zero-order chi connectivity index (χ0) is 19.9. The van der Waals surface area contributed by atoms with Gasteiger partial charge in [-0.25, -0.2) is 0 Å². The van der Waals surface area contributed by atoms with E-state index in [9.17, 15) is 9.59 Å². The molecule has 28 heavy (non-hydrogen) atoms. The van der Waals surface area contributed by atoms with Crippen molar-refractivity contribution in [1.82, 2.24) is 15.1 Å². The minimum atomic E-state index is 0.0444. The molecule has 3 rings (SSSR count). The SMILES string of the molecule is CC(C)NC(=O)CN1CCN(C(=O)c2ccccc2Cc2ccccc2)CC1. The molecule has 0 aliphatic carbocycles. The summed E-state index contributed by atoms with van der Waals surface area (Å²) in [6.45, 7) is 7.05. The van der Waals surface area contributed by atoms with Gasteiger partial charge in [-0.2, -0.15) is 0 Å². The van der Waals surface area contributed by atoms with Crippen molar-refractivity contribution in [2.45, 2.75) is 26.3 Å². The summed E-state index contributed by atoms with van der Waals surface area (Å²) in [6, 6.07) is 18.2. The zero-order valence-corrected chi connectivity index (χ0v) is 16.7. The molecule has 5 nitrogen and oxygen atoms in total. The van der Waals surface area contributed by atoms with Crippen LogP contribution in [-0.4, -0.2) is 60.4 Å². The summed E-state index contributed by atoms with van der Waals surface area (Å²) in [7, 11) is 0. The average molecular weight is 380 g/mol. The predicted molar refractivity (Wildman–Crippen MR) is 111 cm³/mol. The van der Waals surface area contributed by atoms with Gasteiger partial charge in [0.2, 0.25) is 5.91 Å². The molecule has 148 valence electrons. The third-order valence-corrected chi connectivity index (χ3v) is 4.96. The molecular weight excluding hydrogens is 350 g/mol. The Morgan fingerprint density at radius 3 is 2.25 bits per heavy atom. The molecule has 0 saturated carbocycles. The van der Waals surface area contributed by atoms with Crippen molar-refractivity contribution in [3.8, 4) is 0 Å². The van der Waals surface area contributed by atoms with Gasteiger partial charge in [-0.15, -0.1) is 0 Å². The molecule has 0 aromatic heterocycles. The Morgan fingerprint density at radius 1 is 0.929 bits per heavy atom. The van der Waals surface area contributed by atoms with Gasteiger partial charge in [-0.05, 0) is 37.5 Å². The Balaban J connectivity index is 1.60. The first kappa shape index (κ1) is 20.1. The fourth-order valence-corrected chi connectivity index (χ4v) is 3.55. The van der Waals surface area contributed by atoms with Crippen LogP contribution in [0.25, 0.3) is 0 Å². The monoisotopic (exact) mass is 379 g/mol.